The van der Waals surface area contributed by atoms with Crippen LogP contribution in [0.2, 0.25) is 10.0 Å². The molecule has 1 amide bonds. The predicted octanol–water partition coefficient (Wildman–Crippen LogP) is 4.22. The van der Waals surface area contributed by atoms with Gasteiger partial charge in [-0.15, -0.1) is 0 Å². The molecule has 0 unspecified atom stereocenters. The van der Waals surface area contributed by atoms with Gasteiger partial charge < -0.3 is 15.4 Å². The molecule has 0 aliphatic rings. The number of hydrogen-bond acceptors (Lipinski definition) is 4. The summed E-state index contributed by atoms with van der Waals surface area (Å²) in [6.07, 6.45) is 0. The molecule has 0 radical (unpaired) electrons. The van der Waals surface area contributed by atoms with Crippen LogP contribution in [-0.4, -0.2) is 25.0 Å². The molecule has 2 aromatic carbocycles. The molecule has 2 aromatic rings. The van der Waals surface area contributed by atoms with E-state index in [9.17, 15) is 9.59 Å². The molecule has 0 spiro atoms. The number of carbonyl (C=O) groups excluding carboxylic acids is 2. The second-order valence-electron chi connectivity index (χ2n) is 5.05. The van der Waals surface area contributed by atoms with Gasteiger partial charge in [-0.2, -0.15) is 0 Å². The molecule has 24 heavy (non-hydrogen) atoms. The maximum atomic E-state index is 12.2. The fourth-order valence-electron chi connectivity index (χ4n) is 1.97. The van der Waals surface area contributed by atoms with Crippen molar-refractivity contribution in [2.45, 2.75) is 13.0 Å². The Morgan fingerprint density at radius 3 is 2.33 bits per heavy atom. The molecule has 2 rings (SSSR count). The highest BCUT2D eigenvalue weighted by molar-refractivity contribution is 6.36. The first-order valence-corrected chi connectivity index (χ1v) is 7.87. The Bertz CT molecular complexity index is 748. The third kappa shape index (κ3) is 4.63. The van der Waals surface area contributed by atoms with Gasteiger partial charge in [0, 0.05) is 10.7 Å². The Labute approximate surface area is 149 Å². The van der Waals surface area contributed by atoms with Crippen LogP contribution in [0.3, 0.4) is 0 Å². The Morgan fingerprint density at radius 1 is 1.08 bits per heavy atom. The first-order valence-electron chi connectivity index (χ1n) is 7.11. The van der Waals surface area contributed by atoms with Crippen LogP contribution in [0, 0.1) is 0 Å². The van der Waals surface area contributed by atoms with Gasteiger partial charge in [-0.1, -0.05) is 23.2 Å². The summed E-state index contributed by atoms with van der Waals surface area (Å²) in [6, 6.07) is 11.0. The van der Waals surface area contributed by atoms with Crippen LogP contribution in [0.1, 0.15) is 17.3 Å². The van der Waals surface area contributed by atoms with Crippen molar-refractivity contribution in [2.24, 2.45) is 0 Å². The smallest absolute Gasteiger partial charge is 0.337 e. The molecular formula is C17H16Cl2N2O3. The standard InChI is InChI=1S/C17H16Cl2N2O3/c1-10(16(22)21-15-8-5-12(18)9-14(15)19)20-13-6-3-11(4-7-13)17(23)24-2/h3-10,20H,1-2H3,(H,21,22)/t10-/m0/s1. The average molecular weight is 367 g/mol. The highest BCUT2D eigenvalue weighted by Gasteiger charge is 2.14. The van der Waals surface area contributed by atoms with E-state index in [0.717, 1.165) is 0 Å². The Morgan fingerprint density at radius 2 is 1.75 bits per heavy atom. The number of hydrogen-bond donors (Lipinski definition) is 2. The van der Waals surface area contributed by atoms with Crippen LogP contribution in [0.15, 0.2) is 42.5 Å². The lowest BCUT2D eigenvalue weighted by atomic mass is 10.2. The zero-order chi connectivity index (χ0) is 17.7. The Balaban J connectivity index is 1.99. The van der Waals surface area contributed by atoms with Crippen molar-refractivity contribution in [2.75, 3.05) is 17.7 Å². The van der Waals surface area contributed by atoms with Gasteiger partial charge in [0.05, 0.1) is 23.4 Å². The van der Waals surface area contributed by atoms with Crippen LogP contribution in [0.5, 0.6) is 0 Å². The van der Waals surface area contributed by atoms with E-state index < -0.39 is 12.0 Å². The fraction of sp³-hybridized carbons (Fsp3) is 0.176. The molecule has 0 heterocycles. The topological polar surface area (TPSA) is 67.4 Å². The van der Waals surface area contributed by atoms with E-state index in [4.69, 9.17) is 23.2 Å². The molecule has 0 bridgehead atoms. The average Bonchev–Trinajstić information content (AvgIpc) is 2.57. The van der Waals surface area contributed by atoms with Crippen molar-refractivity contribution >= 4 is 46.5 Å². The molecule has 2 N–H and O–H groups in total. The zero-order valence-electron chi connectivity index (χ0n) is 13.1. The predicted molar refractivity (Wildman–Crippen MR) is 96.0 cm³/mol. The highest BCUT2D eigenvalue weighted by atomic mass is 35.5. The van der Waals surface area contributed by atoms with Gasteiger partial charge in [0.1, 0.15) is 6.04 Å². The second-order valence-corrected chi connectivity index (χ2v) is 5.89. The summed E-state index contributed by atoms with van der Waals surface area (Å²) in [6.45, 7) is 1.72. The molecule has 0 aromatic heterocycles. The molecule has 126 valence electrons. The van der Waals surface area contributed by atoms with Crippen LogP contribution >= 0.6 is 23.2 Å². The van der Waals surface area contributed by atoms with Crippen molar-refractivity contribution in [1.29, 1.82) is 0 Å². The van der Waals surface area contributed by atoms with Crippen molar-refractivity contribution in [3.63, 3.8) is 0 Å². The van der Waals surface area contributed by atoms with E-state index >= 15 is 0 Å². The summed E-state index contributed by atoms with van der Waals surface area (Å²) in [5.74, 6) is -0.666. The molecule has 5 nitrogen and oxygen atoms in total. The summed E-state index contributed by atoms with van der Waals surface area (Å²) in [7, 11) is 1.32. The number of benzene rings is 2. The van der Waals surface area contributed by atoms with Gasteiger partial charge in [0.15, 0.2) is 0 Å². The third-order valence-electron chi connectivity index (χ3n) is 3.27. The minimum absolute atomic E-state index is 0.253. The number of ether oxygens (including phenoxy) is 1. The lowest BCUT2D eigenvalue weighted by molar-refractivity contribution is -0.116. The largest absolute Gasteiger partial charge is 0.465 e. The molecule has 0 saturated heterocycles. The SMILES string of the molecule is COC(=O)c1ccc(N[C@@H](C)C(=O)Nc2ccc(Cl)cc2Cl)cc1. The number of nitrogens with one attached hydrogen (secondary N) is 2. The zero-order valence-corrected chi connectivity index (χ0v) is 14.6. The fourth-order valence-corrected chi connectivity index (χ4v) is 2.42. The summed E-state index contributed by atoms with van der Waals surface area (Å²) >= 11 is 11.9. The maximum absolute atomic E-state index is 12.2. The maximum Gasteiger partial charge on any atom is 0.337 e. The highest BCUT2D eigenvalue weighted by Crippen LogP contribution is 2.25. The summed E-state index contributed by atoms with van der Waals surface area (Å²) in [5, 5.41) is 6.64. The number of halogens is 2. The molecule has 0 fully saturated rings. The quantitative estimate of drug-likeness (QED) is 0.777. The van der Waals surface area contributed by atoms with E-state index in [0.29, 0.717) is 27.0 Å². The molecule has 0 aliphatic carbocycles. The van der Waals surface area contributed by atoms with Crippen LogP contribution in [-0.2, 0) is 9.53 Å². The molecule has 7 heteroatoms. The van der Waals surface area contributed by atoms with Crippen molar-refractivity contribution in [3.8, 4) is 0 Å². The van der Waals surface area contributed by atoms with E-state index in [2.05, 4.69) is 15.4 Å². The summed E-state index contributed by atoms with van der Waals surface area (Å²) in [5.41, 5.74) is 1.63. The van der Waals surface area contributed by atoms with Gasteiger partial charge in [0.2, 0.25) is 5.91 Å². The van der Waals surface area contributed by atoms with Gasteiger partial charge in [-0.3, -0.25) is 4.79 Å². The van der Waals surface area contributed by atoms with E-state index in [1.165, 1.54) is 7.11 Å². The number of rotatable bonds is 5. The van der Waals surface area contributed by atoms with Gasteiger partial charge in [0.25, 0.3) is 0 Å². The molecule has 1 atom stereocenters. The number of esters is 1. The minimum Gasteiger partial charge on any atom is -0.465 e. The van der Waals surface area contributed by atoms with Crippen molar-refractivity contribution in [1.82, 2.24) is 0 Å². The van der Waals surface area contributed by atoms with Crippen LogP contribution in [0.25, 0.3) is 0 Å². The number of methoxy groups -OCH3 is 1. The van der Waals surface area contributed by atoms with Crippen molar-refractivity contribution in [3.05, 3.63) is 58.1 Å². The van der Waals surface area contributed by atoms with E-state index in [1.807, 2.05) is 0 Å². The number of anilines is 2. The molecule has 0 saturated carbocycles. The van der Waals surface area contributed by atoms with E-state index in [-0.39, 0.29) is 5.91 Å². The Kier molecular flexibility index (Phi) is 6.06. The number of amides is 1. The second kappa shape index (κ2) is 8.04. The number of carbonyl (C=O) groups is 2. The van der Waals surface area contributed by atoms with Crippen LogP contribution < -0.4 is 10.6 Å². The van der Waals surface area contributed by atoms with Gasteiger partial charge in [-0.05, 0) is 49.4 Å². The third-order valence-corrected chi connectivity index (χ3v) is 3.82. The van der Waals surface area contributed by atoms with Crippen molar-refractivity contribution < 1.29 is 14.3 Å². The minimum atomic E-state index is -0.513. The first kappa shape index (κ1) is 18.1. The lowest BCUT2D eigenvalue weighted by Gasteiger charge is -2.16. The molecule has 0 aliphatic heterocycles. The lowest BCUT2D eigenvalue weighted by Crippen LogP contribution is -2.31. The van der Waals surface area contributed by atoms with Gasteiger partial charge >= 0.3 is 5.97 Å². The summed E-state index contributed by atoms with van der Waals surface area (Å²) < 4.78 is 4.64. The van der Waals surface area contributed by atoms with E-state index in [1.54, 1.807) is 49.4 Å². The first-order chi connectivity index (χ1) is 11.4. The Hall–Kier alpha value is -2.24. The van der Waals surface area contributed by atoms with Gasteiger partial charge in [-0.25, -0.2) is 4.79 Å². The van der Waals surface area contributed by atoms with Crippen LogP contribution in [0.4, 0.5) is 11.4 Å². The monoisotopic (exact) mass is 366 g/mol. The summed E-state index contributed by atoms with van der Waals surface area (Å²) in [4.78, 5) is 23.6. The normalized spacial score (nSPS) is 11.5. The molecular weight excluding hydrogens is 351 g/mol.